The highest BCUT2D eigenvalue weighted by molar-refractivity contribution is 5.96. The molecule has 0 aromatic carbocycles. The molecule has 0 heterocycles. The van der Waals surface area contributed by atoms with Crippen molar-refractivity contribution < 1.29 is 9.59 Å². The highest BCUT2D eigenvalue weighted by Crippen LogP contribution is 2.02. The molecule has 3 nitrogen and oxygen atoms in total. The molecule has 0 rings (SSSR count). The van der Waals surface area contributed by atoms with Crippen molar-refractivity contribution in [1.29, 1.82) is 0 Å². The smallest absolute Gasteiger partial charge is 0.253 e. The Labute approximate surface area is 127 Å². The van der Waals surface area contributed by atoms with Gasteiger partial charge in [0, 0.05) is 19.7 Å². The first-order chi connectivity index (χ1) is 8.99. The molecule has 0 aromatic rings. The SMILES string of the molecule is C.C=C/C(=C\C=C(C)C)C(=O)N(C)C.C=O.CC.CC. The van der Waals surface area contributed by atoms with Gasteiger partial charge in [0.25, 0.3) is 5.91 Å². The van der Waals surface area contributed by atoms with E-state index >= 15 is 0 Å². The van der Waals surface area contributed by atoms with Crippen molar-refractivity contribution in [2.75, 3.05) is 14.1 Å². The van der Waals surface area contributed by atoms with Gasteiger partial charge in [-0.15, -0.1) is 0 Å². The van der Waals surface area contributed by atoms with Gasteiger partial charge in [-0.2, -0.15) is 0 Å². The molecule has 0 aliphatic carbocycles. The standard InChI is InChI=1S/C11H17NO.2C2H6.CH2O.CH4/c1-6-10(8-7-9(2)3)11(13)12(4)5;3*1-2;/h6-8H,1H2,2-5H3;2*1-2H3;1H2;1H4/b10-8+;;;;. The largest absolute Gasteiger partial charge is 0.345 e. The molecular formula is C17H35NO2. The highest BCUT2D eigenvalue weighted by atomic mass is 16.2. The Morgan fingerprint density at radius 3 is 1.50 bits per heavy atom. The molecule has 1 amide bonds. The van der Waals surface area contributed by atoms with Crippen LogP contribution in [-0.2, 0) is 9.59 Å². The van der Waals surface area contributed by atoms with Crippen molar-refractivity contribution in [3.05, 3.63) is 36.0 Å². The predicted molar refractivity (Wildman–Crippen MR) is 93.0 cm³/mol. The third-order valence-corrected chi connectivity index (χ3v) is 1.47. The lowest BCUT2D eigenvalue weighted by atomic mass is 10.2. The predicted octanol–water partition coefficient (Wildman–Crippen LogP) is 4.66. The number of nitrogens with zero attached hydrogens (tertiary/aromatic N) is 1. The maximum Gasteiger partial charge on any atom is 0.253 e. The lowest BCUT2D eigenvalue weighted by molar-refractivity contribution is -0.124. The zero-order valence-corrected chi connectivity index (χ0v) is 13.9. The topological polar surface area (TPSA) is 37.4 Å². The monoisotopic (exact) mass is 285 g/mol. The fraction of sp³-hybridized carbons (Fsp3) is 0.529. The van der Waals surface area contributed by atoms with Crippen LogP contribution < -0.4 is 0 Å². The molecule has 0 radical (unpaired) electrons. The van der Waals surface area contributed by atoms with E-state index in [1.54, 1.807) is 26.2 Å². The van der Waals surface area contributed by atoms with Gasteiger partial charge in [0.1, 0.15) is 6.79 Å². The molecule has 0 atom stereocenters. The van der Waals surface area contributed by atoms with Crippen molar-refractivity contribution in [3.63, 3.8) is 0 Å². The molecular weight excluding hydrogens is 250 g/mol. The number of rotatable bonds is 3. The summed E-state index contributed by atoms with van der Waals surface area (Å²) in [7, 11) is 3.45. The van der Waals surface area contributed by atoms with Crippen LogP contribution in [0.3, 0.4) is 0 Å². The average molecular weight is 285 g/mol. The first kappa shape index (κ1) is 31.0. The van der Waals surface area contributed by atoms with E-state index in [4.69, 9.17) is 4.79 Å². The molecule has 0 unspecified atom stereocenters. The Kier molecular flexibility index (Phi) is 40.3. The van der Waals surface area contributed by atoms with Gasteiger partial charge in [0.15, 0.2) is 0 Å². The van der Waals surface area contributed by atoms with E-state index in [1.165, 1.54) is 4.90 Å². The normalized spacial score (nSPS) is 7.70. The lowest BCUT2D eigenvalue weighted by Gasteiger charge is -2.09. The Morgan fingerprint density at radius 1 is 0.950 bits per heavy atom. The number of hydrogen-bond acceptors (Lipinski definition) is 2. The summed E-state index contributed by atoms with van der Waals surface area (Å²) in [6.45, 7) is 17.6. The quantitative estimate of drug-likeness (QED) is 0.559. The molecule has 0 saturated heterocycles. The zero-order chi connectivity index (χ0) is 16.4. The second-order valence-corrected chi connectivity index (χ2v) is 3.27. The van der Waals surface area contributed by atoms with Crippen LogP contribution in [0, 0.1) is 0 Å². The summed E-state index contributed by atoms with van der Waals surface area (Å²) < 4.78 is 0. The van der Waals surface area contributed by atoms with Gasteiger partial charge in [-0.1, -0.05) is 59.4 Å². The minimum Gasteiger partial charge on any atom is -0.345 e. The number of allylic oxidation sites excluding steroid dienone is 3. The summed E-state index contributed by atoms with van der Waals surface area (Å²) in [5.41, 5.74) is 1.78. The van der Waals surface area contributed by atoms with Crippen molar-refractivity contribution in [3.8, 4) is 0 Å². The van der Waals surface area contributed by atoms with E-state index in [0.717, 1.165) is 5.57 Å². The summed E-state index contributed by atoms with van der Waals surface area (Å²) in [5, 5.41) is 0. The van der Waals surface area contributed by atoms with Crippen LogP contribution in [0.1, 0.15) is 49.0 Å². The van der Waals surface area contributed by atoms with Crippen molar-refractivity contribution >= 4 is 12.7 Å². The van der Waals surface area contributed by atoms with E-state index in [2.05, 4.69) is 6.58 Å². The molecule has 0 aliphatic heterocycles. The third-order valence-electron chi connectivity index (χ3n) is 1.47. The number of hydrogen-bond donors (Lipinski definition) is 0. The number of amides is 1. The van der Waals surface area contributed by atoms with Crippen LogP contribution in [0.5, 0.6) is 0 Å². The molecule has 0 N–H and O–H groups in total. The molecule has 0 bridgehead atoms. The minimum absolute atomic E-state index is 0. The molecule has 0 aliphatic rings. The highest BCUT2D eigenvalue weighted by Gasteiger charge is 2.05. The van der Waals surface area contributed by atoms with Crippen LogP contribution in [-0.4, -0.2) is 31.7 Å². The van der Waals surface area contributed by atoms with Crippen LogP contribution in [0.25, 0.3) is 0 Å². The minimum atomic E-state index is -0.0208. The van der Waals surface area contributed by atoms with E-state index in [1.807, 2.05) is 54.4 Å². The molecule has 120 valence electrons. The van der Waals surface area contributed by atoms with Crippen molar-refractivity contribution in [2.24, 2.45) is 0 Å². The summed E-state index contributed by atoms with van der Waals surface area (Å²) in [5.74, 6) is -0.0208. The summed E-state index contributed by atoms with van der Waals surface area (Å²) >= 11 is 0. The molecule has 3 heteroatoms. The van der Waals surface area contributed by atoms with E-state index in [0.29, 0.717) is 5.57 Å². The molecule has 0 aromatic heterocycles. The van der Waals surface area contributed by atoms with Crippen molar-refractivity contribution in [2.45, 2.75) is 49.0 Å². The Morgan fingerprint density at radius 2 is 1.30 bits per heavy atom. The third kappa shape index (κ3) is 21.6. The van der Waals surface area contributed by atoms with Crippen LogP contribution in [0.15, 0.2) is 36.0 Å². The van der Waals surface area contributed by atoms with E-state index < -0.39 is 0 Å². The molecule has 0 fully saturated rings. The molecule has 20 heavy (non-hydrogen) atoms. The van der Waals surface area contributed by atoms with Gasteiger partial charge in [0.2, 0.25) is 0 Å². The Hall–Kier alpha value is -1.64. The summed E-state index contributed by atoms with van der Waals surface area (Å²) in [6, 6.07) is 0. The number of carbonyl (C=O) groups is 2. The summed E-state index contributed by atoms with van der Waals surface area (Å²) in [6.07, 6.45) is 5.25. The fourth-order valence-electron chi connectivity index (χ4n) is 0.741. The first-order valence-electron chi connectivity index (χ1n) is 6.47. The first-order valence-corrected chi connectivity index (χ1v) is 6.47. The second-order valence-electron chi connectivity index (χ2n) is 3.27. The average Bonchev–Trinajstić information content (AvgIpc) is 2.45. The van der Waals surface area contributed by atoms with Gasteiger partial charge in [0.05, 0.1) is 0 Å². The van der Waals surface area contributed by atoms with Gasteiger partial charge < -0.3 is 9.69 Å². The number of likely N-dealkylation sites (N-methyl/N-ethyl adjacent to an activating group) is 1. The van der Waals surface area contributed by atoms with E-state index in [-0.39, 0.29) is 13.3 Å². The van der Waals surface area contributed by atoms with Gasteiger partial charge in [-0.25, -0.2) is 0 Å². The van der Waals surface area contributed by atoms with Crippen molar-refractivity contribution in [1.82, 2.24) is 4.90 Å². The zero-order valence-electron chi connectivity index (χ0n) is 13.9. The van der Waals surface area contributed by atoms with Gasteiger partial charge in [-0.3, -0.25) is 4.79 Å². The molecule has 0 spiro atoms. The van der Waals surface area contributed by atoms with Crippen LogP contribution in [0.4, 0.5) is 0 Å². The second kappa shape index (κ2) is 26.0. The van der Waals surface area contributed by atoms with Gasteiger partial charge >= 0.3 is 0 Å². The summed E-state index contributed by atoms with van der Waals surface area (Å²) in [4.78, 5) is 21.0. The Bertz CT molecular complexity index is 273. The fourth-order valence-corrected chi connectivity index (χ4v) is 0.741. The van der Waals surface area contributed by atoms with Crippen LogP contribution in [0.2, 0.25) is 0 Å². The number of carbonyl (C=O) groups excluding carboxylic acids is 2. The Balaban J connectivity index is -0.0000000940. The maximum absolute atomic E-state index is 11.4. The van der Waals surface area contributed by atoms with Crippen LogP contribution >= 0.6 is 0 Å². The maximum atomic E-state index is 11.4. The lowest BCUT2D eigenvalue weighted by Crippen LogP contribution is -2.22. The van der Waals surface area contributed by atoms with E-state index in [9.17, 15) is 4.79 Å². The van der Waals surface area contributed by atoms with Gasteiger partial charge in [-0.05, 0) is 19.9 Å². The molecule has 0 saturated carbocycles.